The number of thiazole rings is 2. The van der Waals surface area contributed by atoms with E-state index in [1.165, 1.54) is 45.6 Å². The summed E-state index contributed by atoms with van der Waals surface area (Å²) in [5, 5.41) is 6.22. The first-order valence-electron chi connectivity index (χ1n) is 10.1. The molecule has 0 fully saturated rings. The molecule has 32 heavy (non-hydrogen) atoms. The lowest BCUT2D eigenvalue weighted by molar-refractivity contribution is -0.113. The standard InChI is InChI=1S/C24H22ClN3OS3/c1-15(2)17-5-3-16(4-6-17)11-20-12-26-23(32-20)28-22(29)14-31-24-27-21(13-30-24)18-7-9-19(25)10-8-18/h3-10,12-13,15H,11,14H2,1-2H3,(H,26,28,29). The Bertz CT molecular complexity index is 1180. The predicted molar refractivity (Wildman–Crippen MR) is 137 cm³/mol. The molecule has 2 heterocycles. The highest BCUT2D eigenvalue weighted by atomic mass is 35.5. The molecule has 2 aromatic carbocycles. The molecule has 0 saturated heterocycles. The molecule has 1 amide bonds. The number of nitrogens with zero attached hydrogens (tertiary/aromatic N) is 2. The highest BCUT2D eigenvalue weighted by Crippen LogP contribution is 2.29. The van der Waals surface area contributed by atoms with Crippen molar-refractivity contribution in [2.24, 2.45) is 0 Å². The molecular weight excluding hydrogens is 478 g/mol. The summed E-state index contributed by atoms with van der Waals surface area (Å²) < 4.78 is 0.856. The van der Waals surface area contributed by atoms with E-state index in [-0.39, 0.29) is 5.91 Å². The Labute approximate surface area is 205 Å². The minimum atomic E-state index is -0.0829. The van der Waals surface area contributed by atoms with Gasteiger partial charge in [0.15, 0.2) is 9.47 Å². The number of aromatic nitrogens is 2. The molecule has 4 rings (SSSR count). The quantitative estimate of drug-likeness (QED) is 0.257. The van der Waals surface area contributed by atoms with Crippen molar-refractivity contribution in [1.82, 2.24) is 9.97 Å². The van der Waals surface area contributed by atoms with Gasteiger partial charge in [0.2, 0.25) is 5.91 Å². The van der Waals surface area contributed by atoms with E-state index in [1.807, 2.05) is 35.8 Å². The van der Waals surface area contributed by atoms with Gasteiger partial charge in [-0.25, -0.2) is 9.97 Å². The number of anilines is 1. The van der Waals surface area contributed by atoms with Crippen molar-refractivity contribution in [3.63, 3.8) is 0 Å². The Morgan fingerprint density at radius 1 is 1.12 bits per heavy atom. The molecule has 0 spiro atoms. The summed E-state index contributed by atoms with van der Waals surface area (Å²) in [5.41, 5.74) is 4.48. The van der Waals surface area contributed by atoms with Crippen LogP contribution in [0.4, 0.5) is 5.13 Å². The average molecular weight is 500 g/mol. The molecule has 8 heteroatoms. The van der Waals surface area contributed by atoms with Crippen molar-refractivity contribution in [2.75, 3.05) is 11.1 Å². The van der Waals surface area contributed by atoms with Gasteiger partial charge in [-0.1, -0.05) is 73.6 Å². The van der Waals surface area contributed by atoms with Crippen LogP contribution < -0.4 is 5.32 Å². The van der Waals surface area contributed by atoms with Crippen LogP contribution in [0.5, 0.6) is 0 Å². The van der Waals surface area contributed by atoms with E-state index < -0.39 is 0 Å². The van der Waals surface area contributed by atoms with Crippen LogP contribution in [0.2, 0.25) is 5.02 Å². The number of hydrogen-bond donors (Lipinski definition) is 1. The molecule has 0 aliphatic carbocycles. The largest absolute Gasteiger partial charge is 0.301 e. The Morgan fingerprint density at radius 3 is 2.59 bits per heavy atom. The molecule has 0 aliphatic rings. The lowest BCUT2D eigenvalue weighted by atomic mass is 10.0. The third-order valence-corrected chi connectivity index (χ3v) is 7.96. The number of benzene rings is 2. The summed E-state index contributed by atoms with van der Waals surface area (Å²) in [6, 6.07) is 16.3. The van der Waals surface area contributed by atoms with E-state index in [1.54, 1.807) is 0 Å². The summed E-state index contributed by atoms with van der Waals surface area (Å²) in [5.74, 6) is 0.736. The van der Waals surface area contributed by atoms with Gasteiger partial charge in [0, 0.05) is 33.5 Å². The Balaban J connectivity index is 1.28. The van der Waals surface area contributed by atoms with Gasteiger partial charge >= 0.3 is 0 Å². The van der Waals surface area contributed by atoms with E-state index in [2.05, 4.69) is 53.4 Å². The zero-order valence-corrected chi connectivity index (χ0v) is 20.9. The first kappa shape index (κ1) is 23.0. The number of nitrogens with one attached hydrogen (secondary N) is 1. The molecule has 0 saturated carbocycles. The maximum absolute atomic E-state index is 12.4. The maximum atomic E-state index is 12.4. The molecular formula is C24H22ClN3OS3. The van der Waals surface area contributed by atoms with Gasteiger partial charge < -0.3 is 5.32 Å². The van der Waals surface area contributed by atoms with Crippen molar-refractivity contribution >= 4 is 57.1 Å². The van der Waals surface area contributed by atoms with Crippen molar-refractivity contribution in [3.8, 4) is 11.3 Å². The highest BCUT2D eigenvalue weighted by molar-refractivity contribution is 8.01. The smallest absolute Gasteiger partial charge is 0.236 e. The van der Waals surface area contributed by atoms with E-state index in [9.17, 15) is 4.79 Å². The SMILES string of the molecule is CC(C)c1ccc(Cc2cnc(NC(=O)CSc3nc(-c4ccc(Cl)cc4)cs3)s2)cc1. The van der Waals surface area contributed by atoms with Crippen molar-refractivity contribution in [2.45, 2.75) is 30.5 Å². The fraction of sp³-hybridized carbons (Fsp3) is 0.208. The number of hydrogen-bond acceptors (Lipinski definition) is 6. The van der Waals surface area contributed by atoms with Gasteiger partial charge in [-0.3, -0.25) is 4.79 Å². The Kier molecular flexibility index (Phi) is 7.63. The van der Waals surface area contributed by atoms with Crippen LogP contribution in [0.15, 0.2) is 64.4 Å². The normalized spacial score (nSPS) is 11.1. The Hall–Kier alpha value is -2.19. The molecule has 1 N–H and O–H groups in total. The number of amides is 1. The number of carbonyl (C=O) groups excluding carboxylic acids is 1. The minimum Gasteiger partial charge on any atom is -0.301 e. The minimum absolute atomic E-state index is 0.0829. The van der Waals surface area contributed by atoms with Gasteiger partial charge in [0.05, 0.1) is 11.4 Å². The zero-order valence-electron chi connectivity index (χ0n) is 17.7. The molecule has 0 radical (unpaired) electrons. The molecule has 4 nitrogen and oxygen atoms in total. The molecule has 0 aliphatic heterocycles. The van der Waals surface area contributed by atoms with E-state index in [0.717, 1.165) is 26.9 Å². The fourth-order valence-corrected chi connectivity index (χ4v) is 5.65. The number of thioether (sulfide) groups is 1. The fourth-order valence-electron chi connectivity index (χ4n) is 3.03. The predicted octanol–water partition coefficient (Wildman–Crippen LogP) is 7.37. The third kappa shape index (κ3) is 6.19. The van der Waals surface area contributed by atoms with Crippen molar-refractivity contribution in [1.29, 1.82) is 0 Å². The first-order valence-corrected chi connectivity index (χ1v) is 13.2. The maximum Gasteiger partial charge on any atom is 0.236 e. The van der Waals surface area contributed by atoms with E-state index in [4.69, 9.17) is 11.6 Å². The molecule has 2 aromatic heterocycles. The molecule has 0 unspecified atom stereocenters. The third-order valence-electron chi connectivity index (χ3n) is 4.77. The van der Waals surface area contributed by atoms with Crippen LogP contribution in [0.1, 0.15) is 35.8 Å². The number of halogens is 1. The van der Waals surface area contributed by atoms with Gasteiger partial charge in [-0.05, 0) is 29.2 Å². The summed E-state index contributed by atoms with van der Waals surface area (Å²) in [6.07, 6.45) is 2.65. The summed E-state index contributed by atoms with van der Waals surface area (Å²) in [7, 11) is 0. The van der Waals surface area contributed by atoms with E-state index in [0.29, 0.717) is 21.8 Å². The second-order valence-electron chi connectivity index (χ2n) is 7.55. The monoisotopic (exact) mass is 499 g/mol. The van der Waals surface area contributed by atoms with Gasteiger partial charge in [0.1, 0.15) is 0 Å². The lowest BCUT2D eigenvalue weighted by Crippen LogP contribution is -2.13. The van der Waals surface area contributed by atoms with Gasteiger partial charge in [-0.2, -0.15) is 0 Å². The molecule has 0 bridgehead atoms. The van der Waals surface area contributed by atoms with Gasteiger partial charge in [0.25, 0.3) is 0 Å². The van der Waals surface area contributed by atoms with Gasteiger partial charge in [-0.15, -0.1) is 22.7 Å². The average Bonchev–Trinajstić information content (AvgIpc) is 3.43. The highest BCUT2D eigenvalue weighted by Gasteiger charge is 2.11. The van der Waals surface area contributed by atoms with Crippen molar-refractivity contribution < 1.29 is 4.79 Å². The zero-order chi connectivity index (χ0) is 22.5. The van der Waals surface area contributed by atoms with Crippen LogP contribution in [0.3, 0.4) is 0 Å². The lowest BCUT2D eigenvalue weighted by Gasteiger charge is -2.06. The van der Waals surface area contributed by atoms with E-state index >= 15 is 0 Å². The molecule has 164 valence electrons. The second-order valence-corrected chi connectivity index (χ2v) is 11.2. The number of rotatable bonds is 8. The topological polar surface area (TPSA) is 54.9 Å². The molecule has 4 aromatic rings. The van der Waals surface area contributed by atoms with Crippen molar-refractivity contribution in [3.05, 3.63) is 81.1 Å². The summed E-state index contributed by atoms with van der Waals surface area (Å²) >= 11 is 10.4. The summed E-state index contributed by atoms with van der Waals surface area (Å²) in [4.78, 5) is 22.4. The van der Waals surface area contributed by atoms with Crippen LogP contribution in [-0.2, 0) is 11.2 Å². The molecule has 0 atom stereocenters. The van der Waals surface area contributed by atoms with Crippen LogP contribution in [-0.4, -0.2) is 21.6 Å². The first-order chi connectivity index (χ1) is 15.5. The van der Waals surface area contributed by atoms with Crippen LogP contribution >= 0.6 is 46.0 Å². The summed E-state index contributed by atoms with van der Waals surface area (Å²) in [6.45, 7) is 4.39. The van der Waals surface area contributed by atoms with Crippen LogP contribution in [0, 0.1) is 0 Å². The van der Waals surface area contributed by atoms with Crippen LogP contribution in [0.25, 0.3) is 11.3 Å². The number of carbonyl (C=O) groups is 1. The Morgan fingerprint density at radius 2 is 1.88 bits per heavy atom. The second kappa shape index (κ2) is 10.6.